The van der Waals surface area contributed by atoms with Gasteiger partial charge in [0.05, 0.1) is 5.56 Å². The number of ketones is 1. The van der Waals surface area contributed by atoms with Gasteiger partial charge in [-0.25, -0.2) is 4.79 Å². The number of benzene rings is 3. The molecule has 1 aliphatic heterocycles. The number of esters is 1. The van der Waals surface area contributed by atoms with Crippen molar-refractivity contribution in [1.82, 2.24) is 0 Å². The van der Waals surface area contributed by atoms with Crippen LogP contribution in [0.2, 0.25) is 0 Å². The first-order valence-electron chi connectivity index (χ1n) is 5.97. The van der Waals surface area contributed by atoms with Crippen molar-refractivity contribution in [3.8, 4) is 5.75 Å². The Bertz CT molecular complexity index is 878. The standard InChI is InChI=1S/C16H8O3/c17-14-13-11-7-3-1-5-9(11)10-6-2-4-8-12(10)15(13)19-16(14)18/h1-8H. The summed E-state index contributed by atoms with van der Waals surface area (Å²) < 4.78 is 5.15. The van der Waals surface area contributed by atoms with Crippen LogP contribution in [0.1, 0.15) is 10.4 Å². The van der Waals surface area contributed by atoms with Gasteiger partial charge in [-0.3, -0.25) is 4.79 Å². The predicted molar refractivity (Wildman–Crippen MR) is 71.4 cm³/mol. The zero-order valence-electron chi connectivity index (χ0n) is 9.84. The van der Waals surface area contributed by atoms with E-state index in [1.807, 2.05) is 48.5 Å². The van der Waals surface area contributed by atoms with Crippen LogP contribution in [-0.4, -0.2) is 11.8 Å². The normalized spacial score (nSPS) is 13.9. The molecule has 19 heavy (non-hydrogen) atoms. The quantitative estimate of drug-likeness (QED) is 0.266. The average Bonchev–Trinajstić information content (AvgIpc) is 2.76. The molecule has 0 amide bonds. The van der Waals surface area contributed by atoms with Gasteiger partial charge in [-0.1, -0.05) is 48.5 Å². The van der Waals surface area contributed by atoms with Gasteiger partial charge >= 0.3 is 5.97 Å². The Morgan fingerprint density at radius 3 is 1.89 bits per heavy atom. The molecule has 3 aromatic rings. The molecule has 0 fully saturated rings. The van der Waals surface area contributed by atoms with Crippen molar-refractivity contribution in [2.45, 2.75) is 0 Å². The van der Waals surface area contributed by atoms with Crippen LogP contribution >= 0.6 is 0 Å². The number of hydrogen-bond acceptors (Lipinski definition) is 3. The fourth-order valence-electron chi connectivity index (χ4n) is 2.68. The lowest BCUT2D eigenvalue weighted by Gasteiger charge is -2.08. The van der Waals surface area contributed by atoms with E-state index in [2.05, 4.69) is 0 Å². The van der Waals surface area contributed by atoms with E-state index in [0.29, 0.717) is 11.3 Å². The highest BCUT2D eigenvalue weighted by Gasteiger charge is 2.34. The van der Waals surface area contributed by atoms with E-state index in [0.717, 1.165) is 21.5 Å². The minimum atomic E-state index is -0.795. The van der Waals surface area contributed by atoms with E-state index in [-0.39, 0.29) is 0 Å². The second kappa shape index (κ2) is 3.42. The maximum atomic E-state index is 12.0. The van der Waals surface area contributed by atoms with Gasteiger partial charge in [-0.2, -0.15) is 0 Å². The van der Waals surface area contributed by atoms with Gasteiger partial charge in [-0.15, -0.1) is 0 Å². The van der Waals surface area contributed by atoms with Crippen LogP contribution in [0.15, 0.2) is 48.5 Å². The van der Waals surface area contributed by atoms with Gasteiger partial charge in [0.25, 0.3) is 5.78 Å². The van der Waals surface area contributed by atoms with E-state index in [4.69, 9.17) is 4.74 Å². The fraction of sp³-hybridized carbons (Fsp3) is 0. The van der Waals surface area contributed by atoms with E-state index >= 15 is 0 Å². The second-order valence-corrected chi connectivity index (χ2v) is 4.51. The summed E-state index contributed by atoms with van der Waals surface area (Å²) in [6.45, 7) is 0. The van der Waals surface area contributed by atoms with Gasteiger partial charge in [0.2, 0.25) is 0 Å². The highest BCUT2D eigenvalue weighted by molar-refractivity contribution is 6.48. The minimum Gasteiger partial charge on any atom is -0.419 e. The summed E-state index contributed by atoms with van der Waals surface area (Å²) >= 11 is 0. The summed E-state index contributed by atoms with van der Waals surface area (Å²) in [5.74, 6) is -0.960. The van der Waals surface area contributed by atoms with Crippen LogP contribution < -0.4 is 4.74 Å². The molecule has 1 aliphatic rings. The number of fused-ring (bicyclic) bond motifs is 6. The molecule has 0 aromatic heterocycles. The van der Waals surface area contributed by atoms with Crippen molar-refractivity contribution in [2.75, 3.05) is 0 Å². The molecule has 0 saturated carbocycles. The van der Waals surface area contributed by atoms with Crippen LogP contribution in [0.4, 0.5) is 0 Å². The van der Waals surface area contributed by atoms with Gasteiger partial charge in [-0.05, 0) is 16.2 Å². The van der Waals surface area contributed by atoms with Crippen molar-refractivity contribution in [3.05, 3.63) is 54.1 Å². The Morgan fingerprint density at radius 1 is 0.684 bits per heavy atom. The zero-order chi connectivity index (χ0) is 13.0. The van der Waals surface area contributed by atoms with Crippen LogP contribution in [0.5, 0.6) is 5.75 Å². The van der Waals surface area contributed by atoms with Crippen molar-refractivity contribution in [3.63, 3.8) is 0 Å². The van der Waals surface area contributed by atoms with Crippen LogP contribution in [-0.2, 0) is 4.79 Å². The van der Waals surface area contributed by atoms with Crippen molar-refractivity contribution >= 4 is 33.3 Å². The molecule has 3 aromatic carbocycles. The molecule has 0 bridgehead atoms. The number of rotatable bonds is 0. The third kappa shape index (κ3) is 1.21. The maximum Gasteiger partial charge on any atom is 0.385 e. The Kier molecular flexibility index (Phi) is 1.85. The van der Waals surface area contributed by atoms with Crippen LogP contribution in [0.25, 0.3) is 21.5 Å². The van der Waals surface area contributed by atoms with Crippen molar-refractivity contribution < 1.29 is 14.3 Å². The lowest BCUT2D eigenvalue weighted by atomic mass is 9.95. The van der Waals surface area contributed by atoms with E-state index < -0.39 is 11.8 Å². The van der Waals surface area contributed by atoms with Crippen molar-refractivity contribution in [1.29, 1.82) is 0 Å². The molecule has 0 N–H and O–H groups in total. The molecule has 0 spiro atoms. The number of carbonyl (C=O) groups is 2. The molecule has 0 unspecified atom stereocenters. The Morgan fingerprint density at radius 2 is 1.21 bits per heavy atom. The molecule has 1 heterocycles. The summed E-state index contributed by atoms with van der Waals surface area (Å²) in [6, 6.07) is 15.2. The molecular formula is C16H8O3. The monoisotopic (exact) mass is 248 g/mol. The fourth-order valence-corrected chi connectivity index (χ4v) is 2.68. The summed E-state index contributed by atoms with van der Waals surface area (Å²) in [5, 5.41) is 3.52. The zero-order valence-corrected chi connectivity index (χ0v) is 9.84. The van der Waals surface area contributed by atoms with E-state index in [1.165, 1.54) is 0 Å². The predicted octanol–water partition coefficient (Wildman–Crippen LogP) is 3.09. The van der Waals surface area contributed by atoms with Crippen LogP contribution in [0, 0.1) is 0 Å². The number of Topliss-reactive ketones (excluding diaryl/α,β-unsaturated/α-hetero) is 1. The summed E-state index contributed by atoms with van der Waals surface area (Å²) in [7, 11) is 0. The van der Waals surface area contributed by atoms with Gasteiger partial charge < -0.3 is 4.74 Å². The largest absolute Gasteiger partial charge is 0.419 e. The van der Waals surface area contributed by atoms with E-state index in [1.54, 1.807) is 0 Å². The SMILES string of the molecule is O=C1Oc2c(c3ccccc3c3ccccc23)C1=O. The second-order valence-electron chi connectivity index (χ2n) is 4.51. The topological polar surface area (TPSA) is 43.4 Å². The third-order valence-corrected chi connectivity index (χ3v) is 3.49. The summed E-state index contributed by atoms with van der Waals surface area (Å²) in [4.78, 5) is 23.5. The van der Waals surface area contributed by atoms with Gasteiger partial charge in [0.15, 0.2) is 5.75 Å². The van der Waals surface area contributed by atoms with E-state index in [9.17, 15) is 9.59 Å². The minimum absolute atomic E-state index is 0.388. The first kappa shape index (κ1) is 10.3. The molecule has 0 aliphatic carbocycles. The van der Waals surface area contributed by atoms with Crippen LogP contribution in [0.3, 0.4) is 0 Å². The smallest absolute Gasteiger partial charge is 0.385 e. The molecule has 0 saturated heterocycles. The molecule has 0 radical (unpaired) electrons. The highest BCUT2D eigenvalue weighted by Crippen LogP contribution is 2.41. The maximum absolute atomic E-state index is 12.0. The molecule has 90 valence electrons. The number of ether oxygens (including phenoxy) is 1. The molecule has 0 atom stereocenters. The Labute approximate surface area is 108 Å². The molecule has 4 rings (SSSR count). The number of carbonyl (C=O) groups excluding carboxylic acids is 2. The Hall–Kier alpha value is -2.68. The first-order valence-corrected chi connectivity index (χ1v) is 5.97. The molecule has 3 heteroatoms. The lowest BCUT2D eigenvalue weighted by Crippen LogP contribution is -2.10. The molecular weight excluding hydrogens is 240 g/mol. The summed E-state index contributed by atoms with van der Waals surface area (Å²) in [6.07, 6.45) is 0. The molecule has 3 nitrogen and oxygen atoms in total. The number of hydrogen-bond donors (Lipinski definition) is 0. The lowest BCUT2D eigenvalue weighted by molar-refractivity contribution is -0.128. The Balaban J connectivity index is 2.34. The summed E-state index contributed by atoms with van der Waals surface area (Å²) in [5.41, 5.74) is 0.388. The van der Waals surface area contributed by atoms with Gasteiger partial charge in [0.1, 0.15) is 0 Å². The third-order valence-electron chi connectivity index (χ3n) is 3.49. The highest BCUT2D eigenvalue weighted by atomic mass is 16.5. The van der Waals surface area contributed by atoms with Crippen molar-refractivity contribution in [2.24, 2.45) is 0 Å². The average molecular weight is 248 g/mol. The van der Waals surface area contributed by atoms with Gasteiger partial charge in [0, 0.05) is 5.39 Å². The first-order chi connectivity index (χ1) is 9.27.